The molecule has 5 nitrogen and oxygen atoms in total. The number of amides is 1. The van der Waals surface area contributed by atoms with E-state index >= 15 is 0 Å². The molecule has 1 saturated heterocycles. The largest absolute Gasteiger partial charge is 0.489 e. The van der Waals surface area contributed by atoms with E-state index in [1.165, 1.54) is 29.7 Å². The summed E-state index contributed by atoms with van der Waals surface area (Å²) in [6, 6.07) is 16.1. The number of rotatable bonds is 0. The van der Waals surface area contributed by atoms with E-state index in [2.05, 4.69) is 27.7 Å². The van der Waals surface area contributed by atoms with Crippen molar-refractivity contribution in [2.45, 2.75) is 38.5 Å². The predicted molar refractivity (Wildman–Crippen MR) is 114 cm³/mol. The Labute approximate surface area is 174 Å². The van der Waals surface area contributed by atoms with Crippen molar-refractivity contribution in [3.8, 4) is 5.75 Å². The van der Waals surface area contributed by atoms with Crippen molar-refractivity contribution in [3.63, 3.8) is 0 Å². The second-order valence-corrected chi connectivity index (χ2v) is 8.47. The van der Waals surface area contributed by atoms with E-state index in [4.69, 9.17) is 9.72 Å². The van der Waals surface area contributed by atoms with Crippen LogP contribution in [-0.4, -0.2) is 22.3 Å². The van der Waals surface area contributed by atoms with Crippen LogP contribution in [0.1, 0.15) is 52.5 Å². The van der Waals surface area contributed by atoms with Crippen molar-refractivity contribution in [2.75, 3.05) is 11.9 Å². The van der Waals surface area contributed by atoms with Crippen molar-refractivity contribution in [3.05, 3.63) is 76.3 Å². The third-order valence-corrected chi connectivity index (χ3v) is 6.40. The summed E-state index contributed by atoms with van der Waals surface area (Å²) in [5.74, 6) is 0.768. The lowest BCUT2D eigenvalue weighted by Gasteiger charge is -2.35. The number of thiazole rings is 1. The van der Waals surface area contributed by atoms with Gasteiger partial charge in [-0.15, -0.1) is 11.3 Å². The first-order chi connectivity index (χ1) is 14.3. The van der Waals surface area contributed by atoms with E-state index in [0.29, 0.717) is 17.3 Å². The Morgan fingerprint density at radius 1 is 1.14 bits per heavy atom. The van der Waals surface area contributed by atoms with Crippen molar-refractivity contribution < 1.29 is 9.53 Å². The van der Waals surface area contributed by atoms with Gasteiger partial charge in [-0.2, -0.15) is 0 Å². The van der Waals surface area contributed by atoms with Crippen LogP contribution < -0.4 is 10.1 Å². The molecular formula is C23H23N3O2S. The number of hydrogen-bond acceptors (Lipinski definition) is 5. The second-order valence-electron chi connectivity index (χ2n) is 7.61. The summed E-state index contributed by atoms with van der Waals surface area (Å²) >= 11 is 1.50. The highest BCUT2D eigenvalue weighted by Crippen LogP contribution is 2.35. The summed E-state index contributed by atoms with van der Waals surface area (Å²) in [6.45, 7) is 2.31. The number of ether oxygens (including phenoxy) is 1. The molecule has 1 fully saturated rings. The molecule has 2 aliphatic rings. The maximum absolute atomic E-state index is 12.7. The zero-order chi connectivity index (χ0) is 19.6. The van der Waals surface area contributed by atoms with Gasteiger partial charge in [-0.25, -0.2) is 4.98 Å². The molecule has 0 spiro atoms. The molecule has 0 saturated carbocycles. The number of nitrogens with one attached hydrogen (secondary N) is 1. The van der Waals surface area contributed by atoms with Crippen molar-refractivity contribution >= 4 is 22.4 Å². The zero-order valence-electron chi connectivity index (χ0n) is 16.1. The van der Waals surface area contributed by atoms with Gasteiger partial charge < -0.3 is 4.74 Å². The monoisotopic (exact) mass is 405 g/mol. The van der Waals surface area contributed by atoms with Gasteiger partial charge in [0.25, 0.3) is 5.91 Å². The molecule has 6 heteroatoms. The second kappa shape index (κ2) is 7.97. The molecule has 29 heavy (non-hydrogen) atoms. The molecule has 1 N–H and O–H groups in total. The number of aromatic nitrogens is 1. The minimum Gasteiger partial charge on any atom is -0.489 e. The average Bonchev–Trinajstić information content (AvgIpc) is 3.21. The number of para-hydroxylation sites is 1. The number of anilines is 1. The smallest absolute Gasteiger partial charge is 0.257 e. The highest BCUT2D eigenvalue weighted by atomic mass is 32.1. The fourth-order valence-corrected chi connectivity index (χ4v) is 4.89. The Morgan fingerprint density at radius 2 is 2.07 bits per heavy atom. The number of benzene rings is 2. The predicted octanol–water partition coefficient (Wildman–Crippen LogP) is 5.02. The van der Waals surface area contributed by atoms with E-state index in [9.17, 15) is 4.79 Å². The van der Waals surface area contributed by atoms with Gasteiger partial charge in [-0.3, -0.25) is 15.0 Å². The van der Waals surface area contributed by atoms with Crippen LogP contribution in [0.2, 0.25) is 0 Å². The van der Waals surface area contributed by atoms with Crippen molar-refractivity contribution in [2.24, 2.45) is 0 Å². The van der Waals surface area contributed by atoms with Gasteiger partial charge in [0.2, 0.25) is 0 Å². The third-order valence-electron chi connectivity index (χ3n) is 5.63. The summed E-state index contributed by atoms with van der Waals surface area (Å²) < 4.78 is 6.17. The lowest BCUT2D eigenvalue weighted by Crippen LogP contribution is -2.33. The topological polar surface area (TPSA) is 54.5 Å². The van der Waals surface area contributed by atoms with Gasteiger partial charge in [0.15, 0.2) is 5.13 Å². The van der Waals surface area contributed by atoms with Gasteiger partial charge in [0.05, 0.1) is 11.7 Å². The van der Waals surface area contributed by atoms with Gasteiger partial charge in [-0.1, -0.05) is 36.8 Å². The minimum absolute atomic E-state index is 0.136. The van der Waals surface area contributed by atoms with E-state index in [0.717, 1.165) is 36.5 Å². The standard InChI is InChI=1S/C23H23N3O2S/c27-22-17-8-5-6-16(12-17)14-28-21-10-2-1-7-18(21)13-26-11-4-3-9-20(26)19-15-29-23(24-19)25-22/h1-2,5-8,10,12,15,20H,3-4,9,11,13-14H2,(H,24,25,27). The Bertz CT molecular complexity index is 1030. The number of piperidine rings is 1. The number of carbonyl (C=O) groups excluding carboxylic acids is 1. The Kier molecular flexibility index (Phi) is 5.04. The molecule has 2 aromatic carbocycles. The van der Waals surface area contributed by atoms with Crippen LogP contribution in [0.25, 0.3) is 0 Å². The Hall–Kier alpha value is -2.70. The number of nitrogens with zero attached hydrogens (tertiary/aromatic N) is 2. The Morgan fingerprint density at radius 3 is 3.03 bits per heavy atom. The van der Waals surface area contributed by atoms with E-state index in [1.54, 1.807) is 0 Å². The summed E-state index contributed by atoms with van der Waals surface area (Å²) in [5, 5.41) is 5.71. The number of fused-ring (bicyclic) bond motifs is 7. The van der Waals surface area contributed by atoms with E-state index in [-0.39, 0.29) is 11.9 Å². The first-order valence-corrected chi connectivity index (χ1v) is 10.9. The maximum atomic E-state index is 12.7. The number of hydrogen-bond donors (Lipinski definition) is 1. The maximum Gasteiger partial charge on any atom is 0.257 e. The minimum atomic E-state index is -0.136. The molecule has 3 heterocycles. The van der Waals surface area contributed by atoms with E-state index < -0.39 is 0 Å². The average molecular weight is 406 g/mol. The molecule has 5 rings (SSSR count). The summed E-state index contributed by atoms with van der Waals surface area (Å²) in [7, 11) is 0. The molecule has 3 aromatic rings. The first-order valence-electron chi connectivity index (χ1n) is 10.1. The lowest BCUT2D eigenvalue weighted by molar-refractivity contribution is 0.102. The molecule has 1 amide bonds. The quantitative estimate of drug-likeness (QED) is 0.571. The Balaban J connectivity index is 1.56. The van der Waals surface area contributed by atoms with Gasteiger partial charge in [-0.05, 0) is 43.1 Å². The molecule has 2 aliphatic heterocycles. The number of carbonyl (C=O) groups is 1. The fourth-order valence-electron chi connectivity index (χ4n) is 4.14. The lowest BCUT2D eigenvalue weighted by atomic mass is 9.99. The molecule has 148 valence electrons. The van der Waals surface area contributed by atoms with E-state index in [1.807, 2.05) is 36.4 Å². The van der Waals surface area contributed by atoms with Gasteiger partial charge >= 0.3 is 0 Å². The van der Waals surface area contributed by atoms with Gasteiger partial charge in [0, 0.05) is 23.1 Å². The molecule has 0 radical (unpaired) electrons. The molecule has 1 unspecified atom stereocenters. The van der Waals surface area contributed by atoms with Crippen LogP contribution in [-0.2, 0) is 13.2 Å². The molecule has 4 bridgehead atoms. The zero-order valence-corrected chi connectivity index (χ0v) is 17.0. The van der Waals surface area contributed by atoms with Crippen molar-refractivity contribution in [1.82, 2.24) is 9.88 Å². The SMILES string of the molecule is O=C1Nc2nc(cs2)C2CCCCN2Cc2ccccc2OCc2cccc1c2. The van der Waals surface area contributed by atoms with Crippen LogP contribution in [0.3, 0.4) is 0 Å². The normalized spacial score (nSPS) is 19.7. The highest BCUT2D eigenvalue weighted by molar-refractivity contribution is 7.14. The summed E-state index contributed by atoms with van der Waals surface area (Å²) in [6.07, 6.45) is 3.48. The third kappa shape index (κ3) is 3.91. The van der Waals surface area contributed by atoms with Crippen LogP contribution in [0, 0.1) is 0 Å². The first kappa shape index (κ1) is 18.3. The van der Waals surface area contributed by atoms with Crippen molar-refractivity contribution in [1.29, 1.82) is 0 Å². The molecule has 1 atom stereocenters. The molecule has 1 aromatic heterocycles. The molecule has 0 aliphatic carbocycles. The van der Waals surface area contributed by atoms with Crippen LogP contribution in [0.5, 0.6) is 5.75 Å². The highest BCUT2D eigenvalue weighted by Gasteiger charge is 2.27. The van der Waals surface area contributed by atoms with Gasteiger partial charge in [0.1, 0.15) is 12.4 Å². The summed E-state index contributed by atoms with van der Waals surface area (Å²) in [5.41, 5.74) is 3.82. The van der Waals surface area contributed by atoms with Crippen LogP contribution in [0.4, 0.5) is 5.13 Å². The fraction of sp³-hybridized carbons (Fsp3) is 0.304. The summed E-state index contributed by atoms with van der Waals surface area (Å²) in [4.78, 5) is 20.0. The van der Waals surface area contributed by atoms with Crippen LogP contribution >= 0.6 is 11.3 Å². The molecular weight excluding hydrogens is 382 g/mol. The van der Waals surface area contributed by atoms with Crippen LogP contribution in [0.15, 0.2) is 53.9 Å².